The molecule has 8 heteroatoms. The molecule has 2 aromatic rings. The largest absolute Gasteiger partial charge is 0.487 e. The molecule has 2 saturated heterocycles. The van der Waals surface area contributed by atoms with Gasteiger partial charge in [-0.05, 0) is 49.9 Å². The van der Waals surface area contributed by atoms with Crippen LogP contribution in [0.4, 0.5) is 5.69 Å². The highest BCUT2D eigenvalue weighted by atomic mass is 16.6. The Labute approximate surface area is 211 Å². The Morgan fingerprint density at radius 3 is 2.64 bits per heavy atom. The van der Waals surface area contributed by atoms with Gasteiger partial charge in [-0.1, -0.05) is 30.3 Å². The average molecular weight is 495 g/mol. The second kappa shape index (κ2) is 11.0. The van der Waals surface area contributed by atoms with E-state index in [4.69, 9.17) is 14.2 Å². The number of aliphatic hydroxyl groups is 1. The van der Waals surface area contributed by atoms with E-state index in [-0.39, 0.29) is 54.9 Å². The third-order valence-corrected chi connectivity index (χ3v) is 7.45. The van der Waals surface area contributed by atoms with Crippen LogP contribution in [0.5, 0.6) is 5.75 Å². The zero-order valence-corrected chi connectivity index (χ0v) is 20.5. The molecule has 0 aliphatic carbocycles. The lowest BCUT2D eigenvalue weighted by atomic mass is 9.84. The van der Waals surface area contributed by atoms with Crippen LogP contribution >= 0.6 is 0 Å². The molecule has 0 saturated carbocycles. The van der Waals surface area contributed by atoms with Gasteiger partial charge in [-0.2, -0.15) is 0 Å². The molecule has 8 nitrogen and oxygen atoms in total. The van der Waals surface area contributed by atoms with Gasteiger partial charge in [-0.25, -0.2) is 0 Å². The maximum Gasteiger partial charge on any atom is 0.227 e. The summed E-state index contributed by atoms with van der Waals surface area (Å²) in [5.41, 5.74) is 2.75. The molecule has 0 radical (unpaired) electrons. The van der Waals surface area contributed by atoms with Gasteiger partial charge in [0.1, 0.15) is 18.0 Å². The number of carbonyl (C=O) groups is 2. The van der Waals surface area contributed by atoms with E-state index in [9.17, 15) is 14.7 Å². The standard InChI is InChI=1S/C28H34N2O6/c1-17(18-5-3-2-4-6-18)29-26(32)15-21-14-23-22-13-20(30-28(33)19-9-11-34-12-10-19)7-8-24(22)36-27(23)25(16-31)35-21/h2-8,13,17,19,21,23,25,27,31H,9-12,14-16H2,1H3,(H,29,32)(H,30,33)/t17-,21+,23+,25+,27-/m1/s1. The molecule has 0 aromatic heterocycles. The number of hydrogen-bond acceptors (Lipinski definition) is 6. The summed E-state index contributed by atoms with van der Waals surface area (Å²) < 4.78 is 17.6. The summed E-state index contributed by atoms with van der Waals surface area (Å²) in [6, 6.07) is 15.4. The summed E-state index contributed by atoms with van der Waals surface area (Å²) in [7, 11) is 0. The van der Waals surface area contributed by atoms with Crippen molar-refractivity contribution in [3.63, 3.8) is 0 Å². The molecular formula is C28H34N2O6. The van der Waals surface area contributed by atoms with Crippen molar-refractivity contribution in [2.75, 3.05) is 25.1 Å². The summed E-state index contributed by atoms with van der Waals surface area (Å²) in [5.74, 6) is 0.576. The van der Waals surface area contributed by atoms with Crippen LogP contribution in [0.1, 0.15) is 55.7 Å². The molecule has 2 fully saturated rings. The third-order valence-electron chi connectivity index (χ3n) is 7.45. The van der Waals surface area contributed by atoms with Crippen LogP contribution in [0, 0.1) is 5.92 Å². The molecule has 3 heterocycles. The van der Waals surface area contributed by atoms with Gasteiger partial charge in [-0.15, -0.1) is 0 Å². The third kappa shape index (κ3) is 5.40. The van der Waals surface area contributed by atoms with Crippen molar-refractivity contribution in [1.82, 2.24) is 5.32 Å². The van der Waals surface area contributed by atoms with E-state index >= 15 is 0 Å². The second-order valence-corrected chi connectivity index (χ2v) is 9.94. The van der Waals surface area contributed by atoms with Crippen molar-refractivity contribution >= 4 is 17.5 Å². The summed E-state index contributed by atoms with van der Waals surface area (Å²) in [6.45, 7) is 2.99. The van der Waals surface area contributed by atoms with Gasteiger partial charge in [-0.3, -0.25) is 9.59 Å². The number of ether oxygens (including phenoxy) is 3. The van der Waals surface area contributed by atoms with Crippen LogP contribution < -0.4 is 15.4 Å². The smallest absolute Gasteiger partial charge is 0.227 e. The average Bonchev–Trinajstić information content (AvgIpc) is 3.27. The van der Waals surface area contributed by atoms with Gasteiger partial charge in [0.2, 0.25) is 11.8 Å². The highest BCUT2D eigenvalue weighted by molar-refractivity contribution is 5.92. The van der Waals surface area contributed by atoms with Gasteiger partial charge in [0.25, 0.3) is 0 Å². The first-order chi connectivity index (χ1) is 17.5. The van der Waals surface area contributed by atoms with E-state index in [1.807, 2.05) is 55.5 Å². The number of hydrogen-bond donors (Lipinski definition) is 3. The quantitative estimate of drug-likeness (QED) is 0.545. The fraction of sp³-hybridized carbons (Fsp3) is 0.500. The Hall–Kier alpha value is -2.94. The minimum Gasteiger partial charge on any atom is -0.487 e. The predicted molar refractivity (Wildman–Crippen MR) is 134 cm³/mol. The number of aliphatic hydroxyl groups excluding tert-OH is 1. The van der Waals surface area contributed by atoms with Crippen molar-refractivity contribution in [3.8, 4) is 5.75 Å². The van der Waals surface area contributed by atoms with E-state index in [1.165, 1.54) is 0 Å². The zero-order valence-electron chi connectivity index (χ0n) is 20.5. The number of rotatable bonds is 7. The number of carbonyl (C=O) groups excluding carboxylic acids is 2. The van der Waals surface area contributed by atoms with Crippen molar-refractivity contribution in [2.45, 2.75) is 62.9 Å². The van der Waals surface area contributed by atoms with Gasteiger partial charge >= 0.3 is 0 Å². The summed E-state index contributed by atoms with van der Waals surface area (Å²) in [5, 5.41) is 16.1. The molecule has 36 heavy (non-hydrogen) atoms. The van der Waals surface area contributed by atoms with Crippen molar-refractivity contribution < 1.29 is 28.9 Å². The molecular weight excluding hydrogens is 460 g/mol. The highest BCUT2D eigenvalue weighted by Crippen LogP contribution is 2.47. The predicted octanol–water partition coefficient (Wildman–Crippen LogP) is 3.31. The SMILES string of the molecule is C[C@@H](NC(=O)C[C@@H]1C[C@H]2c3cc(NC(=O)C4CCOCC4)ccc3O[C@H]2[C@H](CO)O1)c1ccccc1. The van der Waals surface area contributed by atoms with E-state index in [2.05, 4.69) is 10.6 Å². The molecule has 0 unspecified atom stereocenters. The summed E-state index contributed by atoms with van der Waals surface area (Å²) >= 11 is 0. The van der Waals surface area contributed by atoms with Crippen molar-refractivity contribution in [1.29, 1.82) is 0 Å². The molecule has 2 aromatic carbocycles. The van der Waals surface area contributed by atoms with Crippen LogP contribution in [-0.2, 0) is 19.1 Å². The van der Waals surface area contributed by atoms with Crippen molar-refractivity contribution in [3.05, 3.63) is 59.7 Å². The molecule has 5 atom stereocenters. The van der Waals surface area contributed by atoms with Crippen LogP contribution in [0.2, 0.25) is 0 Å². The highest BCUT2D eigenvalue weighted by Gasteiger charge is 2.46. The fourth-order valence-electron chi connectivity index (χ4n) is 5.50. The number of amides is 2. The normalized spacial score (nSPS) is 26.3. The molecule has 3 aliphatic heterocycles. The minimum absolute atomic E-state index is 0.0102. The van der Waals surface area contributed by atoms with Gasteiger partial charge in [0.05, 0.1) is 25.2 Å². The lowest BCUT2D eigenvalue weighted by Crippen LogP contribution is -2.47. The Balaban J connectivity index is 1.25. The first-order valence-corrected chi connectivity index (χ1v) is 12.8. The van der Waals surface area contributed by atoms with Gasteiger partial charge < -0.3 is 30.0 Å². The van der Waals surface area contributed by atoms with Crippen LogP contribution in [-0.4, -0.2) is 55.1 Å². The van der Waals surface area contributed by atoms with Crippen LogP contribution in [0.25, 0.3) is 0 Å². The fourth-order valence-corrected chi connectivity index (χ4v) is 5.50. The number of benzene rings is 2. The Morgan fingerprint density at radius 2 is 1.89 bits per heavy atom. The first-order valence-electron chi connectivity index (χ1n) is 12.8. The van der Waals surface area contributed by atoms with Crippen molar-refractivity contribution in [2.24, 2.45) is 5.92 Å². The zero-order chi connectivity index (χ0) is 25.1. The number of anilines is 1. The monoisotopic (exact) mass is 494 g/mol. The molecule has 3 aliphatic rings. The Morgan fingerprint density at radius 1 is 1.11 bits per heavy atom. The minimum atomic E-state index is -0.527. The maximum atomic E-state index is 12.8. The first kappa shape index (κ1) is 24.7. The molecule has 192 valence electrons. The lowest BCUT2D eigenvalue weighted by molar-refractivity contribution is -0.142. The van der Waals surface area contributed by atoms with E-state index in [1.54, 1.807) is 0 Å². The Bertz CT molecular complexity index is 1070. The van der Waals surface area contributed by atoms with Crippen LogP contribution in [0.3, 0.4) is 0 Å². The summed E-state index contributed by atoms with van der Waals surface area (Å²) in [4.78, 5) is 25.5. The van der Waals surface area contributed by atoms with E-state index < -0.39 is 6.10 Å². The lowest BCUT2D eigenvalue weighted by Gasteiger charge is -2.37. The summed E-state index contributed by atoms with van der Waals surface area (Å²) in [6.07, 6.45) is 1.06. The van der Waals surface area contributed by atoms with Crippen LogP contribution in [0.15, 0.2) is 48.5 Å². The van der Waals surface area contributed by atoms with E-state index in [0.29, 0.717) is 19.6 Å². The van der Waals surface area contributed by atoms with E-state index in [0.717, 1.165) is 35.4 Å². The number of fused-ring (bicyclic) bond motifs is 3. The molecule has 0 bridgehead atoms. The molecule has 5 rings (SSSR count). The molecule has 2 amide bonds. The topological polar surface area (TPSA) is 106 Å². The van der Waals surface area contributed by atoms with Gasteiger partial charge in [0, 0.05) is 36.3 Å². The second-order valence-electron chi connectivity index (χ2n) is 9.94. The molecule has 3 N–H and O–H groups in total. The van der Waals surface area contributed by atoms with Gasteiger partial charge in [0.15, 0.2) is 0 Å². The molecule has 0 spiro atoms. The maximum absolute atomic E-state index is 12.8. The Kier molecular flexibility index (Phi) is 7.55. The number of nitrogens with one attached hydrogen (secondary N) is 2.